The third-order valence-electron chi connectivity index (χ3n) is 2.78. The van der Waals surface area contributed by atoms with Crippen molar-refractivity contribution >= 4 is 11.6 Å². The van der Waals surface area contributed by atoms with Gasteiger partial charge in [0.1, 0.15) is 17.5 Å². The Labute approximate surface area is 110 Å². The third kappa shape index (κ3) is 3.57. The van der Waals surface area contributed by atoms with Crippen LogP contribution in [0.25, 0.3) is 0 Å². The fourth-order valence-corrected chi connectivity index (χ4v) is 1.55. The van der Waals surface area contributed by atoms with Crippen LogP contribution in [0, 0.1) is 6.92 Å². The number of nitrogens with zero attached hydrogens (tertiary/aromatic N) is 2. The highest BCUT2D eigenvalue weighted by molar-refractivity contribution is 5.57. The second kappa shape index (κ2) is 6.00. The maximum Gasteiger partial charge on any atom is 0.148 e. The average molecular weight is 251 g/mol. The van der Waals surface area contributed by atoms with Gasteiger partial charge in [0.15, 0.2) is 0 Å². The molecule has 0 aliphatic rings. The normalized spacial score (nSPS) is 11.4. The SMILES string of the molecule is CCCCNc1nc(C(C)(C)C)nc(NN)c1C. The maximum atomic E-state index is 5.52. The summed E-state index contributed by atoms with van der Waals surface area (Å²) >= 11 is 0. The summed E-state index contributed by atoms with van der Waals surface area (Å²) in [6.07, 6.45) is 2.28. The molecule has 0 atom stereocenters. The van der Waals surface area contributed by atoms with E-state index in [0.29, 0.717) is 5.82 Å². The van der Waals surface area contributed by atoms with Gasteiger partial charge < -0.3 is 10.7 Å². The van der Waals surface area contributed by atoms with Crippen molar-refractivity contribution in [3.05, 3.63) is 11.4 Å². The molecule has 0 unspecified atom stereocenters. The number of nitrogens with two attached hydrogens (primary N) is 1. The molecule has 0 spiro atoms. The lowest BCUT2D eigenvalue weighted by atomic mass is 9.95. The lowest BCUT2D eigenvalue weighted by Gasteiger charge is -2.20. The first-order valence-corrected chi connectivity index (χ1v) is 6.49. The van der Waals surface area contributed by atoms with Crippen LogP contribution in [-0.4, -0.2) is 16.5 Å². The van der Waals surface area contributed by atoms with E-state index in [1.165, 1.54) is 0 Å². The highest BCUT2D eigenvalue weighted by atomic mass is 15.3. The van der Waals surface area contributed by atoms with Gasteiger partial charge in [-0.15, -0.1) is 0 Å². The molecule has 1 aromatic heterocycles. The van der Waals surface area contributed by atoms with Gasteiger partial charge in [-0.2, -0.15) is 0 Å². The molecule has 0 aliphatic carbocycles. The van der Waals surface area contributed by atoms with E-state index in [0.717, 1.165) is 36.6 Å². The summed E-state index contributed by atoms with van der Waals surface area (Å²) < 4.78 is 0. The second-order valence-corrected chi connectivity index (χ2v) is 5.54. The second-order valence-electron chi connectivity index (χ2n) is 5.54. The Morgan fingerprint density at radius 3 is 2.28 bits per heavy atom. The average Bonchev–Trinajstić information content (AvgIpc) is 2.30. The van der Waals surface area contributed by atoms with Crippen LogP contribution in [-0.2, 0) is 5.41 Å². The minimum absolute atomic E-state index is 0.0967. The number of nitrogen functional groups attached to an aromatic ring is 1. The van der Waals surface area contributed by atoms with Crippen molar-refractivity contribution in [3.8, 4) is 0 Å². The van der Waals surface area contributed by atoms with Crippen molar-refractivity contribution in [1.82, 2.24) is 9.97 Å². The van der Waals surface area contributed by atoms with Gasteiger partial charge in [0.25, 0.3) is 0 Å². The van der Waals surface area contributed by atoms with E-state index in [1.807, 2.05) is 6.92 Å². The largest absolute Gasteiger partial charge is 0.370 e. The molecule has 102 valence electrons. The highest BCUT2D eigenvalue weighted by Crippen LogP contribution is 2.25. The van der Waals surface area contributed by atoms with Crippen molar-refractivity contribution < 1.29 is 0 Å². The van der Waals surface area contributed by atoms with Gasteiger partial charge >= 0.3 is 0 Å². The van der Waals surface area contributed by atoms with Gasteiger partial charge in [0, 0.05) is 17.5 Å². The van der Waals surface area contributed by atoms with Crippen LogP contribution in [0.5, 0.6) is 0 Å². The molecule has 18 heavy (non-hydrogen) atoms. The number of hydrogen-bond donors (Lipinski definition) is 3. The van der Waals surface area contributed by atoms with Crippen LogP contribution in [0.2, 0.25) is 0 Å². The molecule has 0 amide bonds. The molecule has 5 heteroatoms. The molecule has 1 heterocycles. The molecule has 5 nitrogen and oxygen atoms in total. The van der Waals surface area contributed by atoms with Gasteiger partial charge in [0.2, 0.25) is 0 Å². The summed E-state index contributed by atoms with van der Waals surface area (Å²) in [7, 11) is 0. The van der Waals surface area contributed by atoms with E-state index < -0.39 is 0 Å². The number of hydrazine groups is 1. The summed E-state index contributed by atoms with van der Waals surface area (Å²) in [6.45, 7) is 11.3. The van der Waals surface area contributed by atoms with E-state index in [-0.39, 0.29) is 5.41 Å². The summed E-state index contributed by atoms with van der Waals surface area (Å²) in [5.41, 5.74) is 3.51. The first-order chi connectivity index (χ1) is 8.40. The minimum atomic E-state index is -0.0967. The molecule has 1 rings (SSSR count). The first kappa shape index (κ1) is 14.7. The van der Waals surface area contributed by atoms with E-state index in [4.69, 9.17) is 5.84 Å². The Morgan fingerprint density at radius 1 is 1.17 bits per heavy atom. The summed E-state index contributed by atoms with van der Waals surface area (Å²) in [6, 6.07) is 0. The Bertz CT molecular complexity index is 395. The topological polar surface area (TPSA) is 75.9 Å². The number of rotatable bonds is 5. The smallest absolute Gasteiger partial charge is 0.148 e. The number of unbranched alkanes of at least 4 members (excludes halogenated alkanes) is 1. The summed E-state index contributed by atoms with van der Waals surface area (Å²) in [4.78, 5) is 9.07. The van der Waals surface area contributed by atoms with Crippen molar-refractivity contribution in [2.24, 2.45) is 5.84 Å². The van der Waals surface area contributed by atoms with Crippen LogP contribution in [0.4, 0.5) is 11.6 Å². The molecular weight excluding hydrogens is 226 g/mol. The van der Waals surface area contributed by atoms with Gasteiger partial charge in [0.05, 0.1) is 0 Å². The van der Waals surface area contributed by atoms with Crippen LogP contribution in [0.3, 0.4) is 0 Å². The van der Waals surface area contributed by atoms with Gasteiger partial charge in [-0.1, -0.05) is 34.1 Å². The number of aromatic nitrogens is 2. The van der Waals surface area contributed by atoms with Crippen molar-refractivity contribution in [2.75, 3.05) is 17.3 Å². The molecule has 0 aliphatic heterocycles. The van der Waals surface area contributed by atoms with E-state index in [9.17, 15) is 0 Å². The molecule has 0 fully saturated rings. The van der Waals surface area contributed by atoms with E-state index in [1.54, 1.807) is 0 Å². The monoisotopic (exact) mass is 251 g/mol. The number of hydrogen-bond acceptors (Lipinski definition) is 5. The Morgan fingerprint density at radius 2 is 1.78 bits per heavy atom. The molecule has 4 N–H and O–H groups in total. The fraction of sp³-hybridized carbons (Fsp3) is 0.692. The molecule has 1 aromatic rings. The molecule has 0 aromatic carbocycles. The zero-order chi connectivity index (χ0) is 13.8. The third-order valence-corrected chi connectivity index (χ3v) is 2.78. The van der Waals surface area contributed by atoms with Gasteiger partial charge in [-0.3, -0.25) is 0 Å². The van der Waals surface area contributed by atoms with Crippen molar-refractivity contribution in [2.45, 2.75) is 52.9 Å². The first-order valence-electron chi connectivity index (χ1n) is 6.49. The number of anilines is 2. The molecule has 0 saturated carbocycles. The van der Waals surface area contributed by atoms with Crippen molar-refractivity contribution in [1.29, 1.82) is 0 Å². The molecular formula is C13H25N5. The van der Waals surface area contributed by atoms with Crippen LogP contribution >= 0.6 is 0 Å². The Balaban J connectivity index is 3.07. The lowest BCUT2D eigenvalue weighted by molar-refractivity contribution is 0.546. The lowest BCUT2D eigenvalue weighted by Crippen LogP contribution is -2.21. The fourth-order valence-electron chi connectivity index (χ4n) is 1.55. The van der Waals surface area contributed by atoms with Gasteiger partial charge in [-0.05, 0) is 13.3 Å². The Hall–Kier alpha value is -1.36. The molecule has 0 radical (unpaired) electrons. The van der Waals surface area contributed by atoms with Gasteiger partial charge in [-0.25, -0.2) is 15.8 Å². The maximum absolute atomic E-state index is 5.52. The van der Waals surface area contributed by atoms with Crippen LogP contribution < -0.4 is 16.6 Å². The zero-order valence-corrected chi connectivity index (χ0v) is 12.1. The predicted molar refractivity (Wildman–Crippen MR) is 76.7 cm³/mol. The van der Waals surface area contributed by atoms with Crippen LogP contribution in [0.15, 0.2) is 0 Å². The summed E-state index contributed by atoms with van der Waals surface area (Å²) in [5, 5.41) is 3.35. The zero-order valence-electron chi connectivity index (χ0n) is 12.1. The standard InChI is InChI=1S/C13H25N5/c1-6-7-8-15-10-9(2)11(18-14)17-12(16-10)13(3,4)5/h6-8,14H2,1-5H3,(H2,15,16,17,18). The molecule has 0 bridgehead atoms. The van der Waals surface area contributed by atoms with E-state index in [2.05, 4.69) is 48.4 Å². The summed E-state index contributed by atoms with van der Waals surface area (Å²) in [5.74, 6) is 7.87. The van der Waals surface area contributed by atoms with E-state index >= 15 is 0 Å². The molecule has 0 saturated heterocycles. The van der Waals surface area contributed by atoms with Crippen molar-refractivity contribution in [3.63, 3.8) is 0 Å². The van der Waals surface area contributed by atoms with Crippen LogP contribution in [0.1, 0.15) is 51.9 Å². The number of nitrogens with one attached hydrogen (secondary N) is 2. The Kier molecular flexibility index (Phi) is 4.90. The quantitative estimate of drug-likeness (QED) is 0.426. The minimum Gasteiger partial charge on any atom is -0.370 e. The predicted octanol–water partition coefficient (Wildman–Crippen LogP) is 2.58. The highest BCUT2D eigenvalue weighted by Gasteiger charge is 2.20.